The van der Waals surface area contributed by atoms with E-state index in [2.05, 4.69) is 4.98 Å². The van der Waals surface area contributed by atoms with Crippen LogP contribution in [-0.2, 0) is 25.4 Å². The van der Waals surface area contributed by atoms with Gasteiger partial charge in [-0.15, -0.1) is 0 Å². The highest BCUT2D eigenvalue weighted by Gasteiger charge is 2.33. The van der Waals surface area contributed by atoms with E-state index in [1.165, 1.54) is 36.1 Å². The molecule has 15 heteroatoms. The average molecular weight is 659 g/mol. The molecule has 3 heterocycles. The fraction of sp³-hybridized carbons (Fsp3) is 0.452. The Morgan fingerprint density at radius 3 is 2.28 bits per heavy atom. The van der Waals surface area contributed by atoms with Crippen molar-refractivity contribution in [2.45, 2.75) is 39.3 Å². The quantitative estimate of drug-likeness (QED) is 0.105. The zero-order valence-corrected chi connectivity index (χ0v) is 27.0. The van der Waals surface area contributed by atoms with Crippen LogP contribution in [0.3, 0.4) is 0 Å². The number of unbranched alkanes of at least 4 members (excludes halogenated alkanes) is 2. The second-order valence-electron chi connectivity index (χ2n) is 11.1. The molecule has 1 fully saturated rings. The minimum absolute atomic E-state index is 0.0238. The second kappa shape index (κ2) is 15.4. The Kier molecular flexibility index (Phi) is 11.5. The fourth-order valence-corrected chi connectivity index (χ4v) is 6.33. The third kappa shape index (κ3) is 8.11. The number of hydrogen-bond donors (Lipinski definition) is 2. The largest absolute Gasteiger partial charge is 0.494 e. The van der Waals surface area contributed by atoms with Gasteiger partial charge in [-0.25, -0.2) is 4.98 Å². The Hall–Kier alpha value is -4.26. The molecular formula is C31H39N4O10P. The first-order valence-corrected chi connectivity index (χ1v) is 16.7. The average Bonchev–Trinajstić information content (AvgIpc) is 3.46. The molecule has 1 saturated heterocycles. The SMILES string of the molecule is COc1cnc(OC)c2c1c(C(=O)C(=O)N1CCN(C(=O)c3ccccc3)CC1)cn2COP(=O)(O)CCCCCC(C)C(=O)O. The van der Waals surface area contributed by atoms with Gasteiger partial charge in [-0.05, 0) is 25.0 Å². The summed E-state index contributed by atoms with van der Waals surface area (Å²) in [6, 6.07) is 8.82. The molecule has 2 unspecified atom stereocenters. The van der Waals surface area contributed by atoms with Crippen LogP contribution in [-0.4, -0.2) is 99.5 Å². The van der Waals surface area contributed by atoms with Crippen molar-refractivity contribution in [1.29, 1.82) is 0 Å². The van der Waals surface area contributed by atoms with Crippen molar-refractivity contribution >= 4 is 42.1 Å². The monoisotopic (exact) mass is 658 g/mol. The van der Waals surface area contributed by atoms with Gasteiger partial charge in [0.15, 0.2) is 0 Å². The highest BCUT2D eigenvalue weighted by atomic mass is 31.2. The number of benzene rings is 1. The molecule has 3 aromatic rings. The third-order valence-electron chi connectivity index (χ3n) is 7.95. The molecule has 0 radical (unpaired) electrons. The molecule has 1 aliphatic heterocycles. The van der Waals surface area contributed by atoms with Crippen LogP contribution in [0.4, 0.5) is 0 Å². The van der Waals surface area contributed by atoms with E-state index in [0.29, 0.717) is 31.2 Å². The minimum atomic E-state index is -4.08. The predicted octanol–water partition coefficient (Wildman–Crippen LogP) is 3.66. The molecule has 1 aromatic carbocycles. The number of Topliss-reactive ketones (excluding diaryl/α,β-unsaturated/α-hetero) is 1. The van der Waals surface area contributed by atoms with Crippen LogP contribution in [0.25, 0.3) is 10.9 Å². The number of aliphatic carboxylic acids is 1. The summed E-state index contributed by atoms with van der Waals surface area (Å²) in [6.45, 7) is 2.00. The number of ketones is 1. The molecule has 1 aliphatic rings. The molecule has 2 amide bonds. The van der Waals surface area contributed by atoms with Crippen LogP contribution in [0.2, 0.25) is 0 Å². The Morgan fingerprint density at radius 2 is 1.65 bits per heavy atom. The summed E-state index contributed by atoms with van der Waals surface area (Å²) in [5.74, 6) is -2.85. The van der Waals surface area contributed by atoms with Gasteiger partial charge < -0.3 is 33.8 Å². The first kappa shape index (κ1) is 34.6. The lowest BCUT2D eigenvalue weighted by Crippen LogP contribution is -2.52. The van der Waals surface area contributed by atoms with Crippen molar-refractivity contribution in [3.8, 4) is 11.6 Å². The van der Waals surface area contributed by atoms with Gasteiger partial charge >= 0.3 is 13.6 Å². The standard InChI is InChI=1S/C31H39N4O10P/c1-21(31(39)40)10-6-5-9-17-46(41,42)45-20-35-19-23(25-24(43-2)18-32-28(44-3)26(25)35)27(36)30(38)34-15-13-33(14-16-34)29(37)22-11-7-4-8-12-22/h4,7-8,11-12,18-19,21H,5-6,9-10,13-17,20H2,1-3H3,(H,39,40)(H,41,42). The molecule has 46 heavy (non-hydrogen) atoms. The number of nitrogens with zero attached hydrogens (tertiary/aromatic N) is 4. The number of fused-ring (bicyclic) bond motifs is 1. The van der Waals surface area contributed by atoms with Crippen molar-refractivity contribution in [1.82, 2.24) is 19.4 Å². The van der Waals surface area contributed by atoms with Gasteiger partial charge in [-0.3, -0.25) is 28.3 Å². The van der Waals surface area contributed by atoms with Crippen LogP contribution in [0, 0.1) is 5.92 Å². The maximum absolute atomic E-state index is 13.7. The van der Waals surface area contributed by atoms with Crippen molar-refractivity contribution in [3.05, 3.63) is 53.9 Å². The zero-order valence-electron chi connectivity index (χ0n) is 26.1. The molecule has 248 valence electrons. The Bertz CT molecular complexity index is 1620. The van der Waals surface area contributed by atoms with Crippen molar-refractivity contribution in [2.24, 2.45) is 5.92 Å². The lowest BCUT2D eigenvalue weighted by molar-refractivity contribution is -0.141. The maximum Gasteiger partial charge on any atom is 0.329 e. The molecule has 2 N–H and O–H groups in total. The number of carboxylic acid groups (broad SMARTS) is 1. The van der Waals surface area contributed by atoms with E-state index in [-0.39, 0.29) is 66.3 Å². The van der Waals surface area contributed by atoms with Crippen LogP contribution in [0.15, 0.2) is 42.7 Å². The molecule has 0 bridgehead atoms. The van der Waals surface area contributed by atoms with Crippen LogP contribution in [0.5, 0.6) is 11.6 Å². The lowest BCUT2D eigenvalue weighted by atomic mass is 10.0. The Morgan fingerprint density at radius 1 is 0.978 bits per heavy atom. The zero-order chi connectivity index (χ0) is 33.4. The van der Waals surface area contributed by atoms with Gasteiger partial charge in [0.25, 0.3) is 17.6 Å². The molecule has 0 saturated carbocycles. The maximum atomic E-state index is 13.7. The number of hydrogen-bond acceptors (Lipinski definition) is 9. The van der Waals surface area contributed by atoms with Gasteiger partial charge in [-0.1, -0.05) is 38.0 Å². The van der Waals surface area contributed by atoms with E-state index in [4.69, 9.17) is 19.1 Å². The summed E-state index contributed by atoms with van der Waals surface area (Å²) < 4.78 is 30.5. The summed E-state index contributed by atoms with van der Waals surface area (Å²) >= 11 is 0. The molecule has 0 spiro atoms. The van der Waals surface area contributed by atoms with E-state index < -0.39 is 37.9 Å². The number of carboxylic acids is 1. The molecule has 2 aromatic heterocycles. The number of ether oxygens (including phenoxy) is 2. The summed E-state index contributed by atoms with van der Waals surface area (Å²) in [7, 11) is -1.32. The fourth-order valence-electron chi connectivity index (χ4n) is 5.27. The number of aromatic nitrogens is 2. The number of piperazine rings is 1. The molecular weight excluding hydrogens is 619 g/mol. The van der Waals surface area contributed by atoms with Crippen LogP contribution >= 0.6 is 7.60 Å². The number of amides is 2. The normalized spacial score (nSPS) is 15.3. The number of carbonyl (C=O) groups excluding carboxylic acids is 3. The number of rotatable bonds is 15. The van der Waals surface area contributed by atoms with Crippen molar-refractivity contribution in [3.63, 3.8) is 0 Å². The van der Waals surface area contributed by atoms with E-state index in [9.17, 15) is 28.6 Å². The highest BCUT2D eigenvalue weighted by Crippen LogP contribution is 2.44. The van der Waals surface area contributed by atoms with Crippen LogP contribution < -0.4 is 9.47 Å². The van der Waals surface area contributed by atoms with E-state index in [1.807, 2.05) is 6.07 Å². The summed E-state index contributed by atoms with van der Waals surface area (Å²) in [4.78, 5) is 68.7. The molecule has 14 nitrogen and oxygen atoms in total. The summed E-state index contributed by atoms with van der Waals surface area (Å²) in [5.41, 5.74) is 0.754. The highest BCUT2D eigenvalue weighted by molar-refractivity contribution is 7.52. The first-order chi connectivity index (χ1) is 22.0. The van der Waals surface area contributed by atoms with Gasteiger partial charge in [0, 0.05) is 37.9 Å². The number of methoxy groups -OCH3 is 2. The molecule has 4 rings (SSSR count). The van der Waals surface area contributed by atoms with Gasteiger partial charge in [0.1, 0.15) is 18.0 Å². The van der Waals surface area contributed by atoms with Crippen LogP contribution in [0.1, 0.15) is 53.3 Å². The molecule has 2 atom stereocenters. The minimum Gasteiger partial charge on any atom is -0.494 e. The van der Waals surface area contributed by atoms with Crippen molar-refractivity contribution in [2.75, 3.05) is 46.6 Å². The van der Waals surface area contributed by atoms with Gasteiger partial charge in [-0.2, -0.15) is 0 Å². The second-order valence-corrected chi connectivity index (χ2v) is 13.0. The lowest BCUT2D eigenvalue weighted by Gasteiger charge is -2.34. The Balaban J connectivity index is 1.48. The van der Waals surface area contributed by atoms with Gasteiger partial charge in [0.2, 0.25) is 5.88 Å². The third-order valence-corrected chi connectivity index (χ3v) is 9.35. The molecule has 0 aliphatic carbocycles. The predicted molar refractivity (Wildman–Crippen MR) is 167 cm³/mol. The summed E-state index contributed by atoms with van der Waals surface area (Å²) in [5, 5.41) is 9.24. The smallest absolute Gasteiger partial charge is 0.329 e. The summed E-state index contributed by atoms with van der Waals surface area (Å²) in [6.07, 6.45) is 4.53. The van der Waals surface area contributed by atoms with E-state index in [1.54, 1.807) is 36.1 Å². The van der Waals surface area contributed by atoms with Crippen molar-refractivity contribution < 1.29 is 47.7 Å². The topological polar surface area (TPSA) is 178 Å². The van der Waals surface area contributed by atoms with E-state index >= 15 is 0 Å². The number of pyridine rings is 1. The Labute approximate surface area is 266 Å². The van der Waals surface area contributed by atoms with E-state index in [0.717, 1.165) is 0 Å². The number of carbonyl (C=O) groups is 4. The van der Waals surface area contributed by atoms with Gasteiger partial charge in [0.05, 0.1) is 43.4 Å². The first-order valence-electron chi connectivity index (χ1n) is 14.9.